The molecular formula is C15H11F2N5O. The lowest BCUT2D eigenvalue weighted by Gasteiger charge is -2.03. The number of rotatable bonds is 4. The molecule has 1 amide bonds. The average Bonchev–Trinajstić information content (AvgIpc) is 3.04. The van der Waals surface area contributed by atoms with Crippen molar-refractivity contribution in [3.8, 4) is 11.5 Å². The minimum Gasteiger partial charge on any atom is -0.289 e. The van der Waals surface area contributed by atoms with Gasteiger partial charge >= 0.3 is 0 Å². The van der Waals surface area contributed by atoms with Crippen LogP contribution < -0.4 is 5.32 Å². The molecule has 0 saturated heterocycles. The molecule has 0 saturated carbocycles. The summed E-state index contributed by atoms with van der Waals surface area (Å²) in [6, 6.07) is 10.4. The van der Waals surface area contributed by atoms with Gasteiger partial charge in [0.15, 0.2) is 5.82 Å². The summed E-state index contributed by atoms with van der Waals surface area (Å²) in [5.41, 5.74) is 0.678. The van der Waals surface area contributed by atoms with Crippen molar-refractivity contribution in [3.05, 3.63) is 59.8 Å². The Morgan fingerprint density at radius 1 is 1.13 bits per heavy atom. The molecule has 1 aromatic carbocycles. The second-order valence-electron chi connectivity index (χ2n) is 4.60. The van der Waals surface area contributed by atoms with Crippen molar-refractivity contribution in [3.63, 3.8) is 0 Å². The highest BCUT2D eigenvalue weighted by atomic mass is 19.3. The van der Waals surface area contributed by atoms with Crippen LogP contribution in [0.5, 0.6) is 0 Å². The summed E-state index contributed by atoms with van der Waals surface area (Å²) in [6.07, 6.45) is -0.957. The van der Waals surface area contributed by atoms with Crippen molar-refractivity contribution in [2.45, 2.75) is 6.43 Å². The number of benzene rings is 1. The highest BCUT2D eigenvalue weighted by molar-refractivity contribution is 6.03. The van der Waals surface area contributed by atoms with Crippen LogP contribution in [0.15, 0.2) is 48.7 Å². The van der Waals surface area contributed by atoms with Gasteiger partial charge in [-0.25, -0.2) is 8.78 Å². The summed E-state index contributed by atoms with van der Waals surface area (Å²) in [7, 11) is 0. The van der Waals surface area contributed by atoms with Gasteiger partial charge < -0.3 is 0 Å². The zero-order chi connectivity index (χ0) is 16.2. The van der Waals surface area contributed by atoms with Crippen molar-refractivity contribution in [1.82, 2.24) is 20.2 Å². The molecular weight excluding hydrogens is 304 g/mol. The number of hydrogen-bond donors (Lipinski definition) is 2. The van der Waals surface area contributed by atoms with E-state index >= 15 is 0 Å². The van der Waals surface area contributed by atoms with Crippen LogP contribution in [-0.4, -0.2) is 26.1 Å². The monoisotopic (exact) mass is 315 g/mol. The Morgan fingerprint density at radius 2 is 1.91 bits per heavy atom. The molecule has 3 aromatic rings. The molecule has 2 N–H and O–H groups in total. The molecule has 0 radical (unpaired) electrons. The third kappa shape index (κ3) is 3.37. The minimum absolute atomic E-state index is 0.0774. The van der Waals surface area contributed by atoms with Crippen LogP contribution in [0.2, 0.25) is 0 Å². The van der Waals surface area contributed by atoms with Crippen LogP contribution >= 0.6 is 0 Å². The van der Waals surface area contributed by atoms with E-state index in [0.29, 0.717) is 11.5 Å². The standard InChI is InChI=1S/C15H11F2N5O/c16-12(17)9-4-6-10(7-5-9)14(23)20-15-19-13(21-22-15)11-3-1-2-8-18-11/h1-8,12H,(H2,19,20,21,22,23). The largest absolute Gasteiger partial charge is 0.289 e. The minimum atomic E-state index is -2.57. The number of halogens is 2. The molecule has 2 aromatic heterocycles. The lowest BCUT2D eigenvalue weighted by Crippen LogP contribution is -2.13. The third-order valence-corrected chi connectivity index (χ3v) is 3.04. The molecule has 6 nitrogen and oxygen atoms in total. The fraction of sp³-hybridized carbons (Fsp3) is 0.0667. The van der Waals surface area contributed by atoms with Crippen LogP contribution in [0.1, 0.15) is 22.3 Å². The first-order valence-electron chi connectivity index (χ1n) is 6.67. The molecule has 23 heavy (non-hydrogen) atoms. The maximum Gasteiger partial charge on any atom is 0.263 e. The Kier molecular flexibility index (Phi) is 4.05. The lowest BCUT2D eigenvalue weighted by atomic mass is 10.1. The number of H-pyrrole nitrogens is 1. The van der Waals surface area contributed by atoms with Gasteiger partial charge in [-0.3, -0.25) is 20.2 Å². The Hall–Kier alpha value is -3.16. The summed E-state index contributed by atoms with van der Waals surface area (Å²) < 4.78 is 25.0. The number of nitrogens with zero attached hydrogens (tertiary/aromatic N) is 3. The Morgan fingerprint density at radius 3 is 2.57 bits per heavy atom. The first-order valence-corrected chi connectivity index (χ1v) is 6.67. The predicted molar refractivity (Wildman–Crippen MR) is 79.0 cm³/mol. The Labute approximate surface area is 129 Å². The van der Waals surface area contributed by atoms with E-state index in [4.69, 9.17) is 0 Å². The first kappa shape index (κ1) is 14.8. The highest BCUT2D eigenvalue weighted by Crippen LogP contribution is 2.19. The van der Waals surface area contributed by atoms with E-state index in [9.17, 15) is 13.6 Å². The number of aromatic amines is 1. The van der Waals surface area contributed by atoms with Crippen LogP contribution in [0.25, 0.3) is 11.5 Å². The number of alkyl halides is 2. The van der Waals surface area contributed by atoms with Crippen molar-refractivity contribution >= 4 is 11.9 Å². The smallest absolute Gasteiger partial charge is 0.263 e. The van der Waals surface area contributed by atoms with Gasteiger partial charge in [0, 0.05) is 17.3 Å². The summed E-state index contributed by atoms with van der Waals surface area (Å²) in [5.74, 6) is -0.0000698. The van der Waals surface area contributed by atoms with E-state index < -0.39 is 12.3 Å². The number of hydrogen-bond acceptors (Lipinski definition) is 4. The quantitative estimate of drug-likeness (QED) is 0.775. The second-order valence-corrected chi connectivity index (χ2v) is 4.60. The van der Waals surface area contributed by atoms with Gasteiger partial charge in [-0.05, 0) is 24.3 Å². The normalized spacial score (nSPS) is 10.7. The van der Waals surface area contributed by atoms with Gasteiger partial charge in [0.25, 0.3) is 12.3 Å². The van der Waals surface area contributed by atoms with Crippen LogP contribution in [-0.2, 0) is 0 Å². The van der Waals surface area contributed by atoms with E-state index in [2.05, 4.69) is 25.5 Å². The molecule has 0 bridgehead atoms. The van der Waals surface area contributed by atoms with Gasteiger partial charge in [-0.2, -0.15) is 4.98 Å². The molecule has 0 unspecified atom stereocenters. The van der Waals surface area contributed by atoms with Crippen LogP contribution in [0.3, 0.4) is 0 Å². The van der Waals surface area contributed by atoms with Crippen LogP contribution in [0, 0.1) is 0 Å². The number of nitrogens with one attached hydrogen (secondary N) is 2. The number of aromatic nitrogens is 4. The molecule has 0 aliphatic heterocycles. The van der Waals surface area contributed by atoms with Crippen molar-refractivity contribution in [2.75, 3.05) is 5.32 Å². The van der Waals surface area contributed by atoms with Crippen molar-refractivity contribution in [1.29, 1.82) is 0 Å². The van der Waals surface area contributed by atoms with E-state index in [1.807, 2.05) is 0 Å². The fourth-order valence-electron chi connectivity index (χ4n) is 1.89. The molecule has 0 aliphatic carbocycles. The lowest BCUT2D eigenvalue weighted by molar-refractivity contribution is 0.102. The zero-order valence-electron chi connectivity index (χ0n) is 11.7. The molecule has 0 spiro atoms. The SMILES string of the molecule is O=C(Nc1n[nH]c(-c2ccccn2)n1)c1ccc(C(F)F)cc1. The van der Waals surface area contributed by atoms with Gasteiger partial charge in [0.05, 0.1) is 0 Å². The maximum atomic E-state index is 12.5. The van der Waals surface area contributed by atoms with Crippen LogP contribution in [0.4, 0.5) is 14.7 Å². The van der Waals surface area contributed by atoms with E-state index in [-0.39, 0.29) is 17.1 Å². The van der Waals surface area contributed by atoms with Gasteiger partial charge in [-0.1, -0.05) is 18.2 Å². The molecule has 0 fully saturated rings. The molecule has 2 heterocycles. The summed E-state index contributed by atoms with van der Waals surface area (Å²) >= 11 is 0. The van der Waals surface area contributed by atoms with E-state index in [1.54, 1.807) is 24.4 Å². The third-order valence-electron chi connectivity index (χ3n) is 3.04. The first-order chi connectivity index (χ1) is 11.1. The number of amides is 1. The predicted octanol–water partition coefficient (Wildman–Crippen LogP) is 3.06. The molecule has 116 valence electrons. The molecule has 0 aliphatic rings. The summed E-state index contributed by atoms with van der Waals surface area (Å²) in [6.45, 7) is 0. The Bertz CT molecular complexity index is 802. The number of carbonyl (C=O) groups is 1. The average molecular weight is 315 g/mol. The molecule has 0 atom stereocenters. The van der Waals surface area contributed by atoms with E-state index in [1.165, 1.54) is 24.3 Å². The van der Waals surface area contributed by atoms with E-state index in [0.717, 1.165) is 0 Å². The second kappa shape index (κ2) is 6.30. The van der Waals surface area contributed by atoms with Gasteiger partial charge in [-0.15, -0.1) is 5.10 Å². The number of pyridine rings is 1. The summed E-state index contributed by atoms with van der Waals surface area (Å²) in [5, 5.41) is 9.03. The molecule has 8 heteroatoms. The number of carbonyl (C=O) groups excluding carboxylic acids is 1. The summed E-state index contributed by atoms with van der Waals surface area (Å²) in [4.78, 5) is 20.3. The zero-order valence-corrected chi connectivity index (χ0v) is 11.7. The fourth-order valence-corrected chi connectivity index (χ4v) is 1.89. The maximum absolute atomic E-state index is 12.5. The Balaban J connectivity index is 1.72. The van der Waals surface area contributed by atoms with Gasteiger partial charge in [0.1, 0.15) is 5.69 Å². The molecule has 3 rings (SSSR count). The van der Waals surface area contributed by atoms with Gasteiger partial charge in [0.2, 0.25) is 5.95 Å². The topological polar surface area (TPSA) is 83.6 Å². The van der Waals surface area contributed by atoms with Crippen molar-refractivity contribution < 1.29 is 13.6 Å². The van der Waals surface area contributed by atoms with Crippen molar-refractivity contribution in [2.24, 2.45) is 0 Å². The number of anilines is 1. The highest BCUT2D eigenvalue weighted by Gasteiger charge is 2.12.